The molecule has 0 atom stereocenters. The normalized spacial score (nSPS) is 11.9. The van der Waals surface area contributed by atoms with Gasteiger partial charge in [-0.2, -0.15) is 0 Å². The summed E-state index contributed by atoms with van der Waals surface area (Å²) >= 11 is 0. The van der Waals surface area contributed by atoms with Crippen LogP contribution < -0.4 is 5.30 Å². The van der Waals surface area contributed by atoms with E-state index in [4.69, 9.17) is 0 Å². The summed E-state index contributed by atoms with van der Waals surface area (Å²) in [5, 5.41) is 1.99. The predicted octanol–water partition coefficient (Wildman–Crippen LogP) is 2.79. The number of rotatable bonds is 1. The minimum absolute atomic E-state index is 0.919. The molecule has 0 bridgehead atoms. The molecule has 0 fully saturated rings. The summed E-state index contributed by atoms with van der Waals surface area (Å²) in [5.41, 5.74) is 2.01. The molecule has 0 radical (unpaired) electrons. The molecule has 0 amide bonds. The maximum Gasteiger partial charge on any atom is 0.110 e. The molecule has 0 saturated heterocycles. The third-order valence-corrected chi connectivity index (χ3v) is 4.17. The number of pyridine rings is 1. The Kier molecular flexibility index (Phi) is 2.40. The number of hydrogen-bond donors (Lipinski definition) is 0. The molecule has 0 unspecified atom stereocenters. The number of fused-ring (bicyclic) bond motifs is 1. The van der Waals surface area contributed by atoms with E-state index in [0.29, 0.717) is 0 Å². The van der Waals surface area contributed by atoms with Crippen LogP contribution in [0.15, 0.2) is 30.5 Å². The van der Waals surface area contributed by atoms with Gasteiger partial charge in [0.05, 0.1) is 5.52 Å². The molecule has 0 N–H and O–H groups in total. The third kappa shape index (κ3) is 1.82. The SMILES string of the molecule is Cc1ccc2ncccc2c1P(C)(C)=O. The number of benzene rings is 1. The van der Waals surface area contributed by atoms with Crippen LogP contribution >= 0.6 is 7.14 Å². The minimum Gasteiger partial charge on any atom is -0.319 e. The smallest absolute Gasteiger partial charge is 0.110 e. The third-order valence-electron chi connectivity index (χ3n) is 2.50. The van der Waals surface area contributed by atoms with Gasteiger partial charge < -0.3 is 4.57 Å². The van der Waals surface area contributed by atoms with Crippen LogP contribution in [0.25, 0.3) is 10.9 Å². The van der Waals surface area contributed by atoms with E-state index < -0.39 is 7.14 Å². The van der Waals surface area contributed by atoms with Crippen molar-refractivity contribution in [1.82, 2.24) is 4.98 Å². The average molecular weight is 219 g/mol. The van der Waals surface area contributed by atoms with E-state index in [1.54, 1.807) is 6.20 Å². The summed E-state index contributed by atoms with van der Waals surface area (Å²) in [6.07, 6.45) is 1.76. The van der Waals surface area contributed by atoms with Crippen LogP contribution in [0.5, 0.6) is 0 Å². The fourth-order valence-corrected chi connectivity index (χ4v) is 3.65. The van der Waals surface area contributed by atoms with Gasteiger partial charge >= 0.3 is 0 Å². The predicted molar refractivity (Wildman–Crippen MR) is 65.6 cm³/mol. The van der Waals surface area contributed by atoms with Gasteiger partial charge in [0.2, 0.25) is 0 Å². The van der Waals surface area contributed by atoms with Crippen molar-refractivity contribution in [3.05, 3.63) is 36.0 Å². The Balaban J connectivity index is 2.92. The topological polar surface area (TPSA) is 30.0 Å². The minimum atomic E-state index is -2.24. The lowest BCUT2D eigenvalue weighted by Gasteiger charge is -2.13. The van der Waals surface area contributed by atoms with Gasteiger partial charge in [-0.15, -0.1) is 0 Å². The molecule has 0 aliphatic heterocycles. The lowest BCUT2D eigenvalue weighted by Crippen LogP contribution is -2.09. The van der Waals surface area contributed by atoms with Crippen LogP contribution in [0.2, 0.25) is 0 Å². The van der Waals surface area contributed by atoms with Crippen LogP contribution in [-0.4, -0.2) is 18.3 Å². The van der Waals surface area contributed by atoms with Crippen LogP contribution in [0.3, 0.4) is 0 Å². The van der Waals surface area contributed by atoms with Crippen LogP contribution in [0.1, 0.15) is 5.56 Å². The second-order valence-electron chi connectivity index (χ2n) is 4.15. The highest BCUT2D eigenvalue weighted by Gasteiger charge is 2.17. The largest absolute Gasteiger partial charge is 0.319 e. The second-order valence-corrected chi connectivity index (χ2v) is 7.30. The molecule has 15 heavy (non-hydrogen) atoms. The fraction of sp³-hybridized carbons (Fsp3) is 0.250. The monoisotopic (exact) mass is 219 g/mol. The zero-order chi connectivity index (χ0) is 11.1. The molecule has 1 heterocycles. The van der Waals surface area contributed by atoms with Gasteiger partial charge in [-0.05, 0) is 37.9 Å². The highest BCUT2D eigenvalue weighted by molar-refractivity contribution is 7.70. The lowest BCUT2D eigenvalue weighted by atomic mass is 10.1. The Bertz CT molecular complexity index is 557. The summed E-state index contributed by atoms with van der Waals surface area (Å²) in [7, 11) is -2.24. The average Bonchev–Trinajstić information content (AvgIpc) is 2.15. The molecule has 1 aromatic heterocycles. The number of aryl methyl sites for hydroxylation is 1. The summed E-state index contributed by atoms with van der Waals surface area (Å²) < 4.78 is 12.2. The van der Waals surface area contributed by atoms with E-state index in [2.05, 4.69) is 4.98 Å². The van der Waals surface area contributed by atoms with Crippen LogP contribution in [-0.2, 0) is 4.57 Å². The standard InChI is InChI=1S/C12H14NOP/c1-9-6-7-11-10(5-4-8-13-11)12(9)15(2,3)14/h4-8H,1-3H3. The fourth-order valence-electron chi connectivity index (χ4n) is 1.96. The van der Waals surface area contributed by atoms with Gasteiger partial charge in [-0.25, -0.2) is 0 Å². The van der Waals surface area contributed by atoms with E-state index in [1.165, 1.54) is 0 Å². The zero-order valence-electron chi connectivity index (χ0n) is 9.19. The Hall–Kier alpha value is -1.14. The van der Waals surface area contributed by atoms with Gasteiger partial charge in [-0.3, -0.25) is 4.98 Å². The Morgan fingerprint density at radius 3 is 2.60 bits per heavy atom. The summed E-state index contributed by atoms with van der Waals surface area (Å²) in [6, 6.07) is 7.85. The van der Waals surface area contributed by atoms with Crippen molar-refractivity contribution in [1.29, 1.82) is 0 Å². The Morgan fingerprint density at radius 1 is 1.20 bits per heavy atom. The van der Waals surface area contributed by atoms with Crippen LogP contribution in [0.4, 0.5) is 0 Å². The maximum absolute atomic E-state index is 12.2. The van der Waals surface area contributed by atoms with Crippen molar-refractivity contribution in [3.8, 4) is 0 Å². The van der Waals surface area contributed by atoms with Crippen molar-refractivity contribution in [3.63, 3.8) is 0 Å². The summed E-state index contributed by atoms with van der Waals surface area (Å²) in [4.78, 5) is 4.28. The van der Waals surface area contributed by atoms with Crippen molar-refractivity contribution in [2.24, 2.45) is 0 Å². The Morgan fingerprint density at radius 2 is 1.93 bits per heavy atom. The molecule has 0 aliphatic rings. The van der Waals surface area contributed by atoms with Gasteiger partial charge in [0.1, 0.15) is 7.14 Å². The molecule has 2 aromatic rings. The zero-order valence-corrected chi connectivity index (χ0v) is 10.1. The Labute approximate surface area is 89.7 Å². The quantitative estimate of drug-likeness (QED) is 0.690. The van der Waals surface area contributed by atoms with Crippen molar-refractivity contribution in [2.75, 3.05) is 13.3 Å². The van der Waals surface area contributed by atoms with Gasteiger partial charge in [0, 0.05) is 16.9 Å². The van der Waals surface area contributed by atoms with Crippen molar-refractivity contribution < 1.29 is 4.57 Å². The summed E-state index contributed by atoms with van der Waals surface area (Å²) in [5.74, 6) is 0. The first-order chi connectivity index (χ1) is 7.00. The molecular weight excluding hydrogens is 205 g/mol. The number of hydrogen-bond acceptors (Lipinski definition) is 2. The molecule has 3 heteroatoms. The van der Waals surface area contributed by atoms with Crippen LogP contribution in [0, 0.1) is 6.92 Å². The first-order valence-electron chi connectivity index (χ1n) is 4.90. The first-order valence-corrected chi connectivity index (χ1v) is 7.50. The van der Waals surface area contributed by atoms with E-state index >= 15 is 0 Å². The highest BCUT2D eigenvalue weighted by atomic mass is 31.2. The van der Waals surface area contributed by atoms with Gasteiger partial charge in [-0.1, -0.05) is 12.1 Å². The number of aromatic nitrogens is 1. The first kappa shape index (κ1) is 10.4. The molecule has 0 spiro atoms. The van der Waals surface area contributed by atoms with Crippen molar-refractivity contribution in [2.45, 2.75) is 6.92 Å². The van der Waals surface area contributed by atoms with E-state index in [9.17, 15) is 4.57 Å². The molecular formula is C12H14NOP. The number of nitrogens with zero attached hydrogens (tertiary/aromatic N) is 1. The molecule has 0 aliphatic carbocycles. The molecule has 1 aromatic carbocycles. The van der Waals surface area contributed by atoms with Gasteiger partial charge in [0.15, 0.2) is 0 Å². The van der Waals surface area contributed by atoms with Gasteiger partial charge in [0.25, 0.3) is 0 Å². The molecule has 2 rings (SSSR count). The summed E-state index contributed by atoms with van der Waals surface area (Å²) in [6.45, 7) is 5.62. The molecule has 0 saturated carbocycles. The maximum atomic E-state index is 12.2. The second kappa shape index (κ2) is 3.46. The van der Waals surface area contributed by atoms with E-state index in [-0.39, 0.29) is 0 Å². The van der Waals surface area contributed by atoms with E-state index in [0.717, 1.165) is 21.8 Å². The van der Waals surface area contributed by atoms with Crippen molar-refractivity contribution >= 4 is 23.3 Å². The van der Waals surface area contributed by atoms with E-state index in [1.807, 2.05) is 44.5 Å². The molecule has 2 nitrogen and oxygen atoms in total. The highest BCUT2D eigenvalue weighted by Crippen LogP contribution is 2.38. The lowest BCUT2D eigenvalue weighted by molar-refractivity contribution is 0.588. The molecule has 78 valence electrons.